The fourth-order valence-corrected chi connectivity index (χ4v) is 4.37. The molecule has 2 N–H and O–H groups in total. The molecule has 1 spiro atoms. The van der Waals surface area contributed by atoms with Crippen LogP contribution in [0.25, 0.3) is 0 Å². The monoisotopic (exact) mass is 457 g/mol. The lowest BCUT2D eigenvalue weighted by molar-refractivity contribution is -0.147. The maximum atomic E-state index is 12.9. The summed E-state index contributed by atoms with van der Waals surface area (Å²) in [4.78, 5) is 62.6. The third kappa shape index (κ3) is 5.58. The number of urea groups is 1. The van der Waals surface area contributed by atoms with E-state index in [9.17, 15) is 24.0 Å². The van der Waals surface area contributed by atoms with E-state index in [1.807, 2.05) is 20.8 Å². The average molecular weight is 458 g/mol. The number of rotatable bonds is 8. The summed E-state index contributed by atoms with van der Waals surface area (Å²) in [5, 5.41) is 5.53. The summed E-state index contributed by atoms with van der Waals surface area (Å²) in [6.07, 6.45) is 3.62. The zero-order valence-corrected chi connectivity index (χ0v) is 19.3. The first-order chi connectivity index (χ1) is 15.6. The van der Waals surface area contributed by atoms with Crippen molar-refractivity contribution in [3.05, 3.63) is 29.8 Å². The molecule has 0 radical (unpaired) electrons. The van der Waals surface area contributed by atoms with Crippen molar-refractivity contribution in [1.29, 1.82) is 0 Å². The molecule has 178 valence electrons. The molecule has 1 heterocycles. The van der Waals surface area contributed by atoms with Crippen molar-refractivity contribution in [3.63, 3.8) is 0 Å². The van der Waals surface area contributed by atoms with E-state index >= 15 is 0 Å². The van der Waals surface area contributed by atoms with Gasteiger partial charge in [-0.05, 0) is 48.9 Å². The van der Waals surface area contributed by atoms with Crippen molar-refractivity contribution in [2.45, 2.75) is 58.4 Å². The summed E-state index contributed by atoms with van der Waals surface area (Å²) in [6.45, 7) is 4.78. The molecule has 0 unspecified atom stereocenters. The van der Waals surface area contributed by atoms with Crippen molar-refractivity contribution >= 4 is 35.3 Å². The van der Waals surface area contributed by atoms with Gasteiger partial charge in [0, 0.05) is 17.7 Å². The number of hydrogen-bond donors (Lipinski definition) is 2. The molecular formula is C24H31N3O6. The summed E-state index contributed by atoms with van der Waals surface area (Å²) in [5.74, 6) is -1.55. The van der Waals surface area contributed by atoms with Gasteiger partial charge in [0.25, 0.3) is 5.91 Å². The van der Waals surface area contributed by atoms with E-state index in [1.165, 1.54) is 12.1 Å². The van der Waals surface area contributed by atoms with Crippen molar-refractivity contribution in [2.75, 3.05) is 18.5 Å². The number of Topliss-reactive ketones (excluding diaryl/α,β-unsaturated/α-hetero) is 1. The zero-order chi connectivity index (χ0) is 24.2. The minimum atomic E-state index is -0.947. The standard InChI is InChI=1S/C24H31N3O6/c1-15(2)12-20(29)25-18-9-7-17(8-10-18)19(28)14-33-21(30)13-27-22(31)24(26-23(27)32)11-5-4-6-16(24)3/h7-10,15-16H,4-6,11-14H2,1-3H3,(H,25,29)(H,26,32)/t16-,24+/m0/s1. The third-order valence-corrected chi connectivity index (χ3v) is 6.24. The van der Waals surface area contributed by atoms with E-state index < -0.39 is 42.4 Å². The van der Waals surface area contributed by atoms with Crippen LogP contribution in [-0.4, -0.2) is 53.2 Å². The summed E-state index contributed by atoms with van der Waals surface area (Å²) in [5.41, 5.74) is -0.0640. The summed E-state index contributed by atoms with van der Waals surface area (Å²) in [6, 6.07) is 5.67. The highest BCUT2D eigenvalue weighted by Crippen LogP contribution is 2.38. The molecule has 33 heavy (non-hydrogen) atoms. The van der Waals surface area contributed by atoms with E-state index in [0.717, 1.165) is 24.2 Å². The third-order valence-electron chi connectivity index (χ3n) is 6.24. The lowest BCUT2D eigenvalue weighted by Gasteiger charge is -2.36. The van der Waals surface area contributed by atoms with Crippen LogP contribution in [0.3, 0.4) is 0 Å². The number of esters is 1. The molecule has 0 bridgehead atoms. The topological polar surface area (TPSA) is 122 Å². The first-order valence-electron chi connectivity index (χ1n) is 11.3. The number of amides is 4. The first kappa shape index (κ1) is 24.4. The Kier molecular flexibility index (Phi) is 7.50. The Labute approximate surface area is 193 Å². The van der Waals surface area contributed by atoms with Gasteiger partial charge < -0.3 is 15.4 Å². The molecule has 1 aromatic carbocycles. The average Bonchev–Trinajstić information content (AvgIpc) is 2.99. The van der Waals surface area contributed by atoms with Gasteiger partial charge in [0.05, 0.1) is 0 Å². The minimum absolute atomic E-state index is 0.0107. The number of imide groups is 1. The largest absolute Gasteiger partial charge is 0.456 e. The molecular weight excluding hydrogens is 426 g/mol. The van der Waals surface area contributed by atoms with Gasteiger partial charge >= 0.3 is 12.0 Å². The number of anilines is 1. The number of ketones is 1. The van der Waals surface area contributed by atoms with E-state index in [0.29, 0.717) is 24.1 Å². The predicted octanol–water partition coefficient (Wildman–Crippen LogP) is 2.90. The highest BCUT2D eigenvalue weighted by molar-refractivity contribution is 6.09. The Morgan fingerprint density at radius 2 is 1.88 bits per heavy atom. The Bertz CT molecular complexity index is 942. The molecule has 1 aliphatic carbocycles. The molecule has 2 aliphatic rings. The molecule has 2 atom stereocenters. The number of carbonyl (C=O) groups excluding carboxylic acids is 5. The fraction of sp³-hybridized carbons (Fsp3) is 0.542. The number of hydrogen-bond acceptors (Lipinski definition) is 6. The van der Waals surface area contributed by atoms with E-state index in [1.54, 1.807) is 12.1 Å². The predicted molar refractivity (Wildman–Crippen MR) is 120 cm³/mol. The number of nitrogens with one attached hydrogen (secondary N) is 2. The van der Waals surface area contributed by atoms with Gasteiger partial charge in [-0.1, -0.05) is 33.6 Å². The van der Waals surface area contributed by atoms with Gasteiger partial charge in [0.15, 0.2) is 12.4 Å². The second kappa shape index (κ2) is 10.1. The second-order valence-corrected chi connectivity index (χ2v) is 9.25. The number of ether oxygens (including phenoxy) is 1. The Morgan fingerprint density at radius 3 is 2.52 bits per heavy atom. The van der Waals surface area contributed by atoms with Crippen LogP contribution in [0.4, 0.5) is 10.5 Å². The highest BCUT2D eigenvalue weighted by atomic mass is 16.5. The smallest absolute Gasteiger partial charge is 0.326 e. The summed E-state index contributed by atoms with van der Waals surface area (Å²) >= 11 is 0. The highest BCUT2D eigenvalue weighted by Gasteiger charge is 2.55. The van der Waals surface area contributed by atoms with Gasteiger partial charge in [-0.3, -0.25) is 24.1 Å². The molecule has 0 aromatic heterocycles. The summed E-state index contributed by atoms with van der Waals surface area (Å²) in [7, 11) is 0. The minimum Gasteiger partial charge on any atom is -0.456 e. The molecule has 1 saturated carbocycles. The van der Waals surface area contributed by atoms with Crippen LogP contribution >= 0.6 is 0 Å². The molecule has 4 amide bonds. The van der Waals surface area contributed by atoms with Crippen LogP contribution < -0.4 is 10.6 Å². The van der Waals surface area contributed by atoms with Gasteiger partial charge in [0.2, 0.25) is 5.91 Å². The van der Waals surface area contributed by atoms with Crippen LogP contribution in [0.1, 0.15) is 63.2 Å². The Balaban J connectivity index is 1.50. The van der Waals surface area contributed by atoms with Crippen LogP contribution in [0.2, 0.25) is 0 Å². The van der Waals surface area contributed by atoms with Crippen LogP contribution in [0, 0.1) is 11.8 Å². The van der Waals surface area contributed by atoms with E-state index in [-0.39, 0.29) is 17.7 Å². The normalized spacial score (nSPS) is 22.4. The van der Waals surface area contributed by atoms with E-state index in [2.05, 4.69) is 10.6 Å². The van der Waals surface area contributed by atoms with Crippen molar-refractivity contribution in [2.24, 2.45) is 11.8 Å². The molecule has 1 saturated heterocycles. The van der Waals surface area contributed by atoms with Gasteiger partial charge in [-0.15, -0.1) is 0 Å². The first-order valence-corrected chi connectivity index (χ1v) is 11.3. The number of carbonyl (C=O) groups is 5. The van der Waals surface area contributed by atoms with Gasteiger partial charge in [0.1, 0.15) is 12.1 Å². The Morgan fingerprint density at radius 1 is 1.18 bits per heavy atom. The lowest BCUT2D eigenvalue weighted by Crippen LogP contribution is -2.54. The molecule has 2 fully saturated rings. The molecule has 3 rings (SSSR count). The molecule has 1 aromatic rings. The van der Waals surface area contributed by atoms with E-state index in [4.69, 9.17) is 4.74 Å². The van der Waals surface area contributed by atoms with Crippen molar-refractivity contribution in [3.8, 4) is 0 Å². The second-order valence-electron chi connectivity index (χ2n) is 9.25. The maximum Gasteiger partial charge on any atom is 0.326 e. The van der Waals surface area contributed by atoms with Crippen LogP contribution in [-0.2, 0) is 19.1 Å². The lowest BCUT2D eigenvalue weighted by atomic mass is 9.73. The van der Waals surface area contributed by atoms with Crippen molar-refractivity contribution in [1.82, 2.24) is 10.2 Å². The maximum absolute atomic E-state index is 12.9. The fourth-order valence-electron chi connectivity index (χ4n) is 4.37. The van der Waals surface area contributed by atoms with Crippen LogP contribution in [0.5, 0.6) is 0 Å². The molecule has 9 heteroatoms. The van der Waals surface area contributed by atoms with Gasteiger partial charge in [-0.2, -0.15) is 0 Å². The molecule has 9 nitrogen and oxygen atoms in total. The zero-order valence-electron chi connectivity index (χ0n) is 19.3. The summed E-state index contributed by atoms with van der Waals surface area (Å²) < 4.78 is 5.03. The van der Waals surface area contributed by atoms with Crippen molar-refractivity contribution < 1.29 is 28.7 Å². The number of nitrogens with zero attached hydrogens (tertiary/aromatic N) is 1. The number of benzene rings is 1. The SMILES string of the molecule is CC(C)CC(=O)Nc1ccc(C(=O)COC(=O)CN2C(=O)N[C@@]3(CCCC[C@@H]3C)C2=O)cc1. The van der Waals surface area contributed by atoms with Crippen LogP contribution in [0.15, 0.2) is 24.3 Å². The molecule has 1 aliphatic heterocycles. The Hall–Kier alpha value is -3.23. The van der Waals surface area contributed by atoms with Gasteiger partial charge in [-0.25, -0.2) is 4.79 Å². The quantitative estimate of drug-likeness (QED) is 0.352.